The van der Waals surface area contributed by atoms with Crippen LogP contribution in [0.25, 0.3) is 0 Å². The topological polar surface area (TPSA) is 78.5 Å². The summed E-state index contributed by atoms with van der Waals surface area (Å²) in [6.07, 6.45) is 6.16. The van der Waals surface area contributed by atoms with Crippen molar-refractivity contribution in [1.82, 2.24) is 10.2 Å². The molecule has 140 valence electrons. The SMILES string of the molecule is CCS(=O)(=O)Nc1ccc(C(=O)NCCCN2CCCCCC2)cc1. The van der Waals surface area contributed by atoms with Crippen LogP contribution in [-0.2, 0) is 10.0 Å². The molecule has 2 N–H and O–H groups in total. The Hall–Kier alpha value is -1.60. The van der Waals surface area contributed by atoms with Crippen LogP contribution >= 0.6 is 0 Å². The molecule has 1 fully saturated rings. The van der Waals surface area contributed by atoms with Crippen LogP contribution in [0.3, 0.4) is 0 Å². The predicted octanol–water partition coefficient (Wildman–Crippen LogP) is 2.44. The molecule has 1 aliphatic heterocycles. The van der Waals surface area contributed by atoms with Gasteiger partial charge in [0.1, 0.15) is 0 Å². The lowest BCUT2D eigenvalue weighted by Crippen LogP contribution is -2.30. The second-order valence-corrected chi connectivity index (χ2v) is 8.46. The zero-order valence-electron chi connectivity index (χ0n) is 15.0. The molecule has 1 aliphatic rings. The summed E-state index contributed by atoms with van der Waals surface area (Å²) >= 11 is 0. The van der Waals surface area contributed by atoms with Crippen LogP contribution in [0.2, 0.25) is 0 Å². The maximum Gasteiger partial charge on any atom is 0.251 e. The van der Waals surface area contributed by atoms with E-state index in [1.165, 1.54) is 38.8 Å². The number of likely N-dealkylation sites (tertiary alicyclic amines) is 1. The monoisotopic (exact) mass is 367 g/mol. The minimum Gasteiger partial charge on any atom is -0.352 e. The number of hydrogen-bond acceptors (Lipinski definition) is 4. The molecular weight excluding hydrogens is 338 g/mol. The summed E-state index contributed by atoms with van der Waals surface area (Å²) in [7, 11) is -3.29. The minimum atomic E-state index is -3.29. The van der Waals surface area contributed by atoms with E-state index in [0.717, 1.165) is 13.0 Å². The number of hydrogen-bond donors (Lipinski definition) is 2. The number of rotatable bonds is 8. The van der Waals surface area contributed by atoms with Gasteiger partial charge in [-0.2, -0.15) is 0 Å². The normalized spacial score (nSPS) is 16.2. The van der Waals surface area contributed by atoms with Crippen LogP contribution in [0.5, 0.6) is 0 Å². The number of benzene rings is 1. The Bertz CT molecular complexity index is 636. The first kappa shape index (κ1) is 19.7. The number of carbonyl (C=O) groups excluding carboxylic acids is 1. The van der Waals surface area contributed by atoms with Crippen molar-refractivity contribution in [1.29, 1.82) is 0 Å². The van der Waals surface area contributed by atoms with Gasteiger partial charge in [0, 0.05) is 17.8 Å². The van der Waals surface area contributed by atoms with E-state index in [9.17, 15) is 13.2 Å². The molecule has 25 heavy (non-hydrogen) atoms. The lowest BCUT2D eigenvalue weighted by molar-refractivity contribution is 0.0951. The predicted molar refractivity (Wildman–Crippen MR) is 101 cm³/mol. The van der Waals surface area contributed by atoms with Crippen LogP contribution in [0, 0.1) is 0 Å². The molecule has 7 heteroatoms. The van der Waals surface area contributed by atoms with E-state index in [4.69, 9.17) is 0 Å². The van der Waals surface area contributed by atoms with Gasteiger partial charge in [0.25, 0.3) is 5.91 Å². The third-order valence-electron chi connectivity index (χ3n) is 4.44. The molecule has 6 nitrogen and oxygen atoms in total. The van der Waals surface area contributed by atoms with Gasteiger partial charge in [-0.25, -0.2) is 8.42 Å². The highest BCUT2D eigenvalue weighted by atomic mass is 32.2. The van der Waals surface area contributed by atoms with Crippen molar-refractivity contribution in [2.45, 2.75) is 39.0 Å². The maximum atomic E-state index is 12.1. The molecule has 0 unspecified atom stereocenters. The largest absolute Gasteiger partial charge is 0.352 e. The summed E-state index contributed by atoms with van der Waals surface area (Å²) in [5, 5.41) is 2.93. The zero-order valence-corrected chi connectivity index (χ0v) is 15.8. The first-order valence-electron chi connectivity index (χ1n) is 9.11. The number of nitrogens with zero attached hydrogens (tertiary/aromatic N) is 1. The second kappa shape index (κ2) is 9.77. The Morgan fingerprint density at radius 2 is 1.72 bits per heavy atom. The molecule has 1 aromatic rings. The summed E-state index contributed by atoms with van der Waals surface area (Å²) in [6, 6.07) is 6.49. The molecule has 1 heterocycles. The van der Waals surface area contributed by atoms with Gasteiger partial charge in [0.05, 0.1) is 5.75 Å². The van der Waals surface area contributed by atoms with Crippen molar-refractivity contribution in [2.75, 3.05) is 36.7 Å². The summed E-state index contributed by atoms with van der Waals surface area (Å²) in [5.41, 5.74) is 1.01. The van der Waals surface area contributed by atoms with Gasteiger partial charge in [-0.1, -0.05) is 12.8 Å². The molecule has 2 rings (SSSR count). The highest BCUT2D eigenvalue weighted by molar-refractivity contribution is 7.92. The molecule has 1 amide bonds. The van der Waals surface area contributed by atoms with Gasteiger partial charge in [-0.3, -0.25) is 9.52 Å². The standard InChI is InChI=1S/C18H29N3O3S/c1-2-25(23,24)20-17-10-8-16(9-11-17)18(22)19-12-7-15-21-13-5-3-4-6-14-21/h8-11,20H,2-7,12-15H2,1H3,(H,19,22). The molecular formula is C18H29N3O3S. The molecule has 0 radical (unpaired) electrons. The number of carbonyl (C=O) groups is 1. The van der Waals surface area contributed by atoms with Crippen LogP contribution in [0.4, 0.5) is 5.69 Å². The maximum absolute atomic E-state index is 12.1. The smallest absolute Gasteiger partial charge is 0.251 e. The molecule has 0 atom stereocenters. The van der Waals surface area contributed by atoms with Gasteiger partial charge in [0.15, 0.2) is 0 Å². The van der Waals surface area contributed by atoms with Gasteiger partial charge < -0.3 is 10.2 Å². The van der Waals surface area contributed by atoms with E-state index in [-0.39, 0.29) is 11.7 Å². The van der Waals surface area contributed by atoms with Crippen molar-refractivity contribution in [3.8, 4) is 0 Å². The fraction of sp³-hybridized carbons (Fsp3) is 0.611. The van der Waals surface area contributed by atoms with Crippen molar-refractivity contribution in [3.05, 3.63) is 29.8 Å². The number of amides is 1. The fourth-order valence-corrected chi connectivity index (χ4v) is 3.55. The van der Waals surface area contributed by atoms with Gasteiger partial charge in [-0.15, -0.1) is 0 Å². The molecule has 1 aromatic carbocycles. The average Bonchev–Trinajstić information content (AvgIpc) is 2.87. The first-order valence-corrected chi connectivity index (χ1v) is 10.8. The van der Waals surface area contributed by atoms with Gasteiger partial charge in [-0.05, 0) is 70.1 Å². The Morgan fingerprint density at radius 1 is 1.08 bits per heavy atom. The van der Waals surface area contributed by atoms with E-state index in [1.54, 1.807) is 31.2 Å². The summed E-state index contributed by atoms with van der Waals surface area (Å²) in [6.45, 7) is 5.60. The lowest BCUT2D eigenvalue weighted by atomic mass is 10.2. The Kier molecular flexibility index (Phi) is 7.71. The lowest BCUT2D eigenvalue weighted by Gasteiger charge is -2.19. The van der Waals surface area contributed by atoms with Gasteiger partial charge >= 0.3 is 0 Å². The van der Waals surface area contributed by atoms with Crippen molar-refractivity contribution >= 4 is 21.6 Å². The Balaban J connectivity index is 1.73. The zero-order chi connectivity index (χ0) is 18.1. The summed E-state index contributed by atoms with van der Waals surface area (Å²) in [4.78, 5) is 14.6. The van der Waals surface area contributed by atoms with Crippen LogP contribution in [0.1, 0.15) is 49.4 Å². The molecule has 0 aliphatic carbocycles. The van der Waals surface area contributed by atoms with E-state index in [0.29, 0.717) is 17.8 Å². The van der Waals surface area contributed by atoms with Crippen LogP contribution in [-0.4, -0.2) is 51.2 Å². The van der Waals surface area contributed by atoms with Crippen LogP contribution < -0.4 is 10.0 Å². The Morgan fingerprint density at radius 3 is 2.32 bits per heavy atom. The minimum absolute atomic E-state index is 0.0201. The quantitative estimate of drug-likeness (QED) is 0.692. The second-order valence-electron chi connectivity index (χ2n) is 6.45. The molecule has 1 saturated heterocycles. The molecule has 0 bridgehead atoms. The first-order chi connectivity index (χ1) is 12.0. The van der Waals surface area contributed by atoms with Gasteiger partial charge in [0.2, 0.25) is 10.0 Å². The molecule has 0 spiro atoms. The van der Waals surface area contributed by atoms with E-state index >= 15 is 0 Å². The number of sulfonamides is 1. The van der Waals surface area contributed by atoms with E-state index in [1.807, 2.05) is 0 Å². The van der Waals surface area contributed by atoms with Crippen LogP contribution in [0.15, 0.2) is 24.3 Å². The summed E-state index contributed by atoms with van der Waals surface area (Å²) < 4.78 is 25.5. The fourth-order valence-electron chi connectivity index (χ4n) is 2.91. The third-order valence-corrected chi connectivity index (χ3v) is 5.74. The molecule has 0 aromatic heterocycles. The molecule has 0 saturated carbocycles. The van der Waals surface area contributed by atoms with Crippen molar-refractivity contribution in [3.63, 3.8) is 0 Å². The Labute approximate surface area is 151 Å². The number of anilines is 1. The third kappa shape index (κ3) is 7.04. The average molecular weight is 368 g/mol. The highest BCUT2D eigenvalue weighted by Gasteiger charge is 2.10. The van der Waals surface area contributed by atoms with Crippen molar-refractivity contribution < 1.29 is 13.2 Å². The van der Waals surface area contributed by atoms with E-state index in [2.05, 4.69) is 14.9 Å². The summed E-state index contributed by atoms with van der Waals surface area (Å²) in [5.74, 6) is -0.104. The van der Waals surface area contributed by atoms with E-state index < -0.39 is 10.0 Å². The number of nitrogens with one attached hydrogen (secondary N) is 2. The highest BCUT2D eigenvalue weighted by Crippen LogP contribution is 2.12. The van der Waals surface area contributed by atoms with Crippen molar-refractivity contribution in [2.24, 2.45) is 0 Å².